The van der Waals surface area contributed by atoms with Gasteiger partial charge in [0.2, 0.25) is 5.90 Å². The van der Waals surface area contributed by atoms with Crippen molar-refractivity contribution in [2.75, 3.05) is 20.8 Å². The molecule has 0 bridgehead atoms. The van der Waals surface area contributed by atoms with E-state index >= 15 is 0 Å². The molecule has 5 nitrogen and oxygen atoms in total. The lowest BCUT2D eigenvalue weighted by Crippen LogP contribution is -2.03. The first-order chi connectivity index (χ1) is 10.3. The molecule has 0 aliphatic carbocycles. The zero-order valence-electron chi connectivity index (χ0n) is 11.9. The van der Waals surface area contributed by atoms with E-state index in [1.807, 2.05) is 36.4 Å². The van der Waals surface area contributed by atoms with Gasteiger partial charge in [-0.15, -0.1) is 0 Å². The van der Waals surface area contributed by atoms with E-state index in [0.717, 1.165) is 22.8 Å². The van der Waals surface area contributed by atoms with Gasteiger partial charge in [0, 0.05) is 12.3 Å². The van der Waals surface area contributed by atoms with E-state index < -0.39 is 0 Å². The summed E-state index contributed by atoms with van der Waals surface area (Å²) >= 11 is 0. The maximum Gasteiger partial charge on any atom is 0.236 e. The third-order valence-corrected chi connectivity index (χ3v) is 3.29. The molecule has 0 saturated carbocycles. The summed E-state index contributed by atoms with van der Waals surface area (Å²) in [5.41, 5.74) is 1.74. The molecule has 0 saturated heterocycles. The molecule has 1 atom stereocenters. The van der Waals surface area contributed by atoms with E-state index in [4.69, 9.17) is 14.2 Å². The zero-order chi connectivity index (χ0) is 14.7. The largest absolute Gasteiger partial charge is 0.497 e. The highest BCUT2D eigenvalue weighted by Crippen LogP contribution is 2.31. The SMILES string of the molecule is COc1cc(OC)cc(C2COC(c3ccccn3)=N2)c1. The number of nitrogens with zero attached hydrogens (tertiary/aromatic N) is 2. The highest BCUT2D eigenvalue weighted by molar-refractivity contribution is 5.93. The lowest BCUT2D eigenvalue weighted by Gasteiger charge is -2.10. The van der Waals surface area contributed by atoms with Crippen molar-refractivity contribution >= 4 is 5.90 Å². The van der Waals surface area contributed by atoms with Gasteiger partial charge in [0.15, 0.2) is 0 Å². The number of pyridine rings is 1. The Balaban J connectivity index is 1.90. The van der Waals surface area contributed by atoms with Crippen molar-refractivity contribution in [2.24, 2.45) is 4.99 Å². The van der Waals surface area contributed by atoms with E-state index in [1.165, 1.54) is 0 Å². The fourth-order valence-corrected chi connectivity index (χ4v) is 2.20. The van der Waals surface area contributed by atoms with Crippen LogP contribution in [0.25, 0.3) is 0 Å². The van der Waals surface area contributed by atoms with Crippen LogP contribution >= 0.6 is 0 Å². The van der Waals surface area contributed by atoms with Gasteiger partial charge in [-0.05, 0) is 29.8 Å². The molecule has 0 radical (unpaired) electrons. The number of benzene rings is 1. The predicted octanol–water partition coefficient (Wildman–Crippen LogP) is 2.62. The summed E-state index contributed by atoms with van der Waals surface area (Å²) in [6.45, 7) is 0.488. The molecule has 1 aliphatic heterocycles. The van der Waals surface area contributed by atoms with E-state index in [0.29, 0.717) is 12.5 Å². The Kier molecular flexibility index (Phi) is 3.73. The second-order valence-corrected chi connectivity index (χ2v) is 4.62. The number of rotatable bonds is 4. The van der Waals surface area contributed by atoms with Gasteiger partial charge in [-0.1, -0.05) is 6.07 Å². The smallest absolute Gasteiger partial charge is 0.236 e. The monoisotopic (exact) mass is 284 g/mol. The predicted molar refractivity (Wildman–Crippen MR) is 79.0 cm³/mol. The normalized spacial score (nSPS) is 17.0. The van der Waals surface area contributed by atoms with Crippen molar-refractivity contribution in [3.8, 4) is 11.5 Å². The third kappa shape index (κ3) is 2.81. The van der Waals surface area contributed by atoms with Gasteiger partial charge in [-0.25, -0.2) is 4.99 Å². The number of aliphatic imine (C=N–C) groups is 1. The maximum atomic E-state index is 5.66. The molecule has 5 heteroatoms. The molecule has 2 aromatic rings. The molecule has 0 spiro atoms. The van der Waals surface area contributed by atoms with E-state index in [1.54, 1.807) is 20.4 Å². The van der Waals surface area contributed by atoms with Gasteiger partial charge in [-0.3, -0.25) is 4.98 Å². The number of hydrogen-bond acceptors (Lipinski definition) is 5. The second kappa shape index (κ2) is 5.83. The summed E-state index contributed by atoms with van der Waals surface area (Å²) in [5, 5.41) is 0. The van der Waals surface area contributed by atoms with Crippen LogP contribution < -0.4 is 9.47 Å². The molecule has 1 unspecified atom stereocenters. The molecular formula is C16H16N2O3. The Hall–Kier alpha value is -2.56. The molecule has 1 aliphatic rings. The Morgan fingerprint density at radius 1 is 1.10 bits per heavy atom. The molecule has 0 fully saturated rings. The van der Waals surface area contributed by atoms with Crippen LogP contribution in [0.4, 0.5) is 0 Å². The Labute approximate surface area is 123 Å². The Morgan fingerprint density at radius 3 is 2.48 bits per heavy atom. The second-order valence-electron chi connectivity index (χ2n) is 4.62. The molecule has 1 aromatic carbocycles. The number of aromatic nitrogens is 1. The summed E-state index contributed by atoms with van der Waals surface area (Å²) in [6.07, 6.45) is 1.73. The molecule has 21 heavy (non-hydrogen) atoms. The highest BCUT2D eigenvalue weighted by atomic mass is 16.5. The van der Waals surface area contributed by atoms with E-state index in [9.17, 15) is 0 Å². The quantitative estimate of drug-likeness (QED) is 0.866. The van der Waals surface area contributed by atoms with E-state index in [2.05, 4.69) is 9.98 Å². The van der Waals surface area contributed by atoms with Crippen LogP contribution in [-0.4, -0.2) is 31.7 Å². The summed E-state index contributed by atoms with van der Waals surface area (Å²) in [5.74, 6) is 2.05. The van der Waals surface area contributed by atoms with Crippen LogP contribution in [0.5, 0.6) is 11.5 Å². The van der Waals surface area contributed by atoms with E-state index in [-0.39, 0.29) is 6.04 Å². The fourth-order valence-electron chi connectivity index (χ4n) is 2.20. The number of ether oxygens (including phenoxy) is 3. The first-order valence-corrected chi connectivity index (χ1v) is 6.65. The van der Waals surface area contributed by atoms with Crippen LogP contribution in [0.2, 0.25) is 0 Å². The molecule has 3 rings (SSSR count). The average molecular weight is 284 g/mol. The van der Waals surface area contributed by atoms with Gasteiger partial charge >= 0.3 is 0 Å². The highest BCUT2D eigenvalue weighted by Gasteiger charge is 2.23. The molecule has 0 amide bonds. The summed E-state index contributed by atoms with van der Waals surface area (Å²) in [4.78, 5) is 8.85. The van der Waals surface area contributed by atoms with Crippen LogP contribution in [0.15, 0.2) is 47.6 Å². The van der Waals surface area contributed by atoms with Crippen molar-refractivity contribution in [1.82, 2.24) is 4.98 Å². The average Bonchev–Trinajstić information content (AvgIpc) is 3.05. The van der Waals surface area contributed by atoms with Crippen LogP contribution in [0, 0.1) is 0 Å². The summed E-state index contributed by atoms with van der Waals surface area (Å²) < 4.78 is 16.2. The van der Waals surface area contributed by atoms with Crippen LogP contribution in [0.1, 0.15) is 17.3 Å². The fraction of sp³-hybridized carbons (Fsp3) is 0.250. The molecule has 1 aromatic heterocycles. The topological polar surface area (TPSA) is 52.9 Å². The first kappa shape index (κ1) is 13.4. The Bertz CT molecular complexity index is 634. The minimum atomic E-state index is -0.0778. The van der Waals surface area contributed by atoms with Gasteiger partial charge in [0.25, 0.3) is 0 Å². The van der Waals surface area contributed by atoms with Gasteiger partial charge in [0.1, 0.15) is 29.8 Å². The summed E-state index contributed by atoms with van der Waals surface area (Å²) in [6, 6.07) is 11.3. The lowest BCUT2D eigenvalue weighted by molar-refractivity contribution is 0.318. The van der Waals surface area contributed by atoms with Crippen molar-refractivity contribution in [1.29, 1.82) is 0 Å². The minimum Gasteiger partial charge on any atom is -0.497 e. The molecule has 2 heterocycles. The van der Waals surface area contributed by atoms with Gasteiger partial charge in [0.05, 0.1) is 14.2 Å². The van der Waals surface area contributed by atoms with Crippen molar-refractivity contribution < 1.29 is 14.2 Å². The van der Waals surface area contributed by atoms with Crippen LogP contribution in [0.3, 0.4) is 0 Å². The van der Waals surface area contributed by atoms with Crippen molar-refractivity contribution in [2.45, 2.75) is 6.04 Å². The van der Waals surface area contributed by atoms with Crippen LogP contribution in [-0.2, 0) is 4.74 Å². The number of hydrogen-bond donors (Lipinski definition) is 0. The standard InChI is InChI=1S/C16H16N2O3/c1-19-12-7-11(8-13(9-12)20-2)15-10-21-16(18-15)14-5-3-4-6-17-14/h3-9,15H,10H2,1-2H3. The van der Waals surface area contributed by atoms with Gasteiger partial charge in [-0.2, -0.15) is 0 Å². The van der Waals surface area contributed by atoms with Gasteiger partial charge < -0.3 is 14.2 Å². The molecular weight excluding hydrogens is 268 g/mol. The third-order valence-electron chi connectivity index (χ3n) is 3.29. The molecule has 0 N–H and O–H groups in total. The zero-order valence-corrected chi connectivity index (χ0v) is 11.9. The minimum absolute atomic E-state index is 0.0778. The number of methoxy groups -OCH3 is 2. The first-order valence-electron chi connectivity index (χ1n) is 6.65. The summed E-state index contributed by atoms with van der Waals surface area (Å²) in [7, 11) is 3.26. The molecule has 108 valence electrons. The van der Waals surface area contributed by atoms with Crippen molar-refractivity contribution in [3.05, 3.63) is 53.9 Å². The maximum absolute atomic E-state index is 5.66. The van der Waals surface area contributed by atoms with Crippen molar-refractivity contribution in [3.63, 3.8) is 0 Å². The lowest BCUT2D eigenvalue weighted by atomic mass is 10.1. The Morgan fingerprint density at radius 2 is 1.86 bits per heavy atom.